The van der Waals surface area contributed by atoms with E-state index in [1.807, 2.05) is 0 Å². The highest BCUT2D eigenvalue weighted by molar-refractivity contribution is 4.80. The first-order valence-electron chi connectivity index (χ1n) is 8.64. The van der Waals surface area contributed by atoms with E-state index in [2.05, 4.69) is 31.0 Å². The van der Waals surface area contributed by atoms with Gasteiger partial charge in [-0.25, -0.2) is 0 Å². The van der Waals surface area contributed by atoms with Crippen molar-refractivity contribution in [3.63, 3.8) is 0 Å². The Morgan fingerprint density at radius 3 is 2.63 bits per heavy atom. The minimum Gasteiger partial charge on any atom is -0.314 e. The summed E-state index contributed by atoms with van der Waals surface area (Å²) in [6, 6.07) is 0.805. The zero-order valence-corrected chi connectivity index (χ0v) is 13.3. The average Bonchev–Trinajstić information content (AvgIpc) is 2.72. The monoisotopic (exact) mass is 266 g/mol. The number of nitrogens with one attached hydrogen (secondary N) is 1. The van der Waals surface area contributed by atoms with Crippen molar-refractivity contribution in [1.29, 1.82) is 0 Å². The summed E-state index contributed by atoms with van der Waals surface area (Å²) in [4.78, 5) is 2.59. The molecular weight excluding hydrogens is 232 g/mol. The molecule has 0 bridgehead atoms. The van der Waals surface area contributed by atoms with Crippen LogP contribution in [0.2, 0.25) is 0 Å². The van der Waals surface area contributed by atoms with Crippen LogP contribution in [-0.4, -0.2) is 37.1 Å². The second kappa shape index (κ2) is 7.64. The molecule has 0 aromatic heterocycles. The molecule has 2 fully saturated rings. The fourth-order valence-corrected chi connectivity index (χ4v) is 3.90. The SMILES string of the molecule is CCN1CCC(CNC2CCCC(C(C)C)CC2)C1. The second-order valence-electron chi connectivity index (χ2n) is 7.17. The van der Waals surface area contributed by atoms with E-state index in [4.69, 9.17) is 0 Å². The van der Waals surface area contributed by atoms with E-state index < -0.39 is 0 Å². The quantitative estimate of drug-likeness (QED) is 0.766. The molecule has 1 aliphatic carbocycles. The zero-order chi connectivity index (χ0) is 13.7. The highest BCUT2D eigenvalue weighted by atomic mass is 15.1. The van der Waals surface area contributed by atoms with Gasteiger partial charge in [-0.3, -0.25) is 0 Å². The molecular formula is C17H34N2. The summed E-state index contributed by atoms with van der Waals surface area (Å²) in [5, 5.41) is 3.88. The van der Waals surface area contributed by atoms with Gasteiger partial charge in [-0.15, -0.1) is 0 Å². The molecule has 1 heterocycles. The standard InChI is InChI=1S/C17H34N2/c1-4-19-11-10-15(13-19)12-18-17-7-5-6-16(8-9-17)14(2)3/h14-18H,4-13H2,1-3H3. The van der Waals surface area contributed by atoms with E-state index in [1.165, 1.54) is 64.7 Å². The van der Waals surface area contributed by atoms with Gasteiger partial charge in [0.25, 0.3) is 0 Å². The Kier molecular flexibility index (Phi) is 6.15. The van der Waals surface area contributed by atoms with Gasteiger partial charge in [0, 0.05) is 12.6 Å². The van der Waals surface area contributed by atoms with Gasteiger partial charge in [0.1, 0.15) is 0 Å². The highest BCUT2D eigenvalue weighted by Gasteiger charge is 2.24. The van der Waals surface area contributed by atoms with Crippen molar-refractivity contribution in [3.8, 4) is 0 Å². The van der Waals surface area contributed by atoms with Crippen molar-refractivity contribution in [2.45, 2.75) is 65.3 Å². The molecule has 1 aliphatic heterocycles. The van der Waals surface area contributed by atoms with Crippen LogP contribution in [-0.2, 0) is 0 Å². The molecule has 3 unspecified atom stereocenters. The third-order valence-electron chi connectivity index (χ3n) is 5.47. The molecule has 1 saturated heterocycles. The van der Waals surface area contributed by atoms with Gasteiger partial charge in [-0.1, -0.05) is 33.6 Å². The topological polar surface area (TPSA) is 15.3 Å². The lowest BCUT2D eigenvalue weighted by molar-refractivity contribution is 0.325. The van der Waals surface area contributed by atoms with Crippen molar-refractivity contribution in [2.75, 3.05) is 26.2 Å². The molecule has 3 atom stereocenters. The Bertz CT molecular complexity index is 252. The molecule has 0 spiro atoms. The van der Waals surface area contributed by atoms with Gasteiger partial charge in [0.05, 0.1) is 0 Å². The molecule has 0 aromatic carbocycles. The molecule has 0 radical (unpaired) electrons. The number of hydrogen-bond donors (Lipinski definition) is 1. The van der Waals surface area contributed by atoms with E-state index in [1.54, 1.807) is 0 Å². The smallest absolute Gasteiger partial charge is 0.00672 e. The van der Waals surface area contributed by atoms with E-state index in [-0.39, 0.29) is 0 Å². The number of likely N-dealkylation sites (tertiary alicyclic amines) is 1. The zero-order valence-electron chi connectivity index (χ0n) is 13.3. The first-order valence-corrected chi connectivity index (χ1v) is 8.64. The van der Waals surface area contributed by atoms with Gasteiger partial charge in [-0.05, 0) is 63.1 Å². The Balaban J connectivity index is 1.66. The molecule has 2 heteroatoms. The maximum Gasteiger partial charge on any atom is 0.00672 e. The van der Waals surface area contributed by atoms with E-state index >= 15 is 0 Å². The fraction of sp³-hybridized carbons (Fsp3) is 1.00. The summed E-state index contributed by atoms with van der Waals surface area (Å²) in [6.45, 7) is 12.2. The van der Waals surface area contributed by atoms with Crippen LogP contribution in [0, 0.1) is 17.8 Å². The van der Waals surface area contributed by atoms with E-state index in [0.29, 0.717) is 0 Å². The van der Waals surface area contributed by atoms with Crippen molar-refractivity contribution >= 4 is 0 Å². The highest BCUT2D eigenvalue weighted by Crippen LogP contribution is 2.29. The van der Waals surface area contributed by atoms with Crippen molar-refractivity contribution in [1.82, 2.24) is 10.2 Å². The predicted molar refractivity (Wildman–Crippen MR) is 83.4 cm³/mol. The Labute approximate surface area is 120 Å². The van der Waals surface area contributed by atoms with Gasteiger partial charge in [0.15, 0.2) is 0 Å². The first kappa shape index (κ1) is 15.3. The Morgan fingerprint density at radius 1 is 1.11 bits per heavy atom. The number of rotatable bonds is 5. The van der Waals surface area contributed by atoms with Gasteiger partial charge in [0.2, 0.25) is 0 Å². The maximum atomic E-state index is 3.88. The molecule has 1 saturated carbocycles. The lowest BCUT2D eigenvalue weighted by Crippen LogP contribution is -2.34. The van der Waals surface area contributed by atoms with Gasteiger partial charge in [-0.2, -0.15) is 0 Å². The molecule has 2 rings (SSSR count). The predicted octanol–water partition coefficient (Wildman–Crippen LogP) is 3.52. The van der Waals surface area contributed by atoms with Crippen LogP contribution in [0.25, 0.3) is 0 Å². The molecule has 2 nitrogen and oxygen atoms in total. The molecule has 2 aliphatic rings. The van der Waals surface area contributed by atoms with Gasteiger partial charge >= 0.3 is 0 Å². The summed E-state index contributed by atoms with van der Waals surface area (Å²) in [6.07, 6.45) is 8.57. The van der Waals surface area contributed by atoms with Crippen LogP contribution < -0.4 is 5.32 Å². The van der Waals surface area contributed by atoms with Crippen molar-refractivity contribution in [3.05, 3.63) is 0 Å². The minimum atomic E-state index is 0.805. The van der Waals surface area contributed by atoms with Crippen molar-refractivity contribution in [2.24, 2.45) is 17.8 Å². The Morgan fingerprint density at radius 2 is 1.95 bits per heavy atom. The first-order chi connectivity index (χ1) is 9.19. The van der Waals surface area contributed by atoms with Gasteiger partial charge < -0.3 is 10.2 Å². The lowest BCUT2D eigenvalue weighted by atomic mass is 9.89. The molecule has 112 valence electrons. The second-order valence-corrected chi connectivity index (χ2v) is 7.17. The normalized spacial score (nSPS) is 33.8. The minimum absolute atomic E-state index is 0.805. The lowest BCUT2D eigenvalue weighted by Gasteiger charge is -2.21. The summed E-state index contributed by atoms with van der Waals surface area (Å²) in [5.41, 5.74) is 0. The van der Waals surface area contributed by atoms with E-state index in [0.717, 1.165) is 23.8 Å². The summed E-state index contributed by atoms with van der Waals surface area (Å²) < 4.78 is 0. The number of hydrogen-bond acceptors (Lipinski definition) is 2. The summed E-state index contributed by atoms with van der Waals surface area (Å²) in [7, 11) is 0. The molecule has 0 amide bonds. The van der Waals surface area contributed by atoms with Crippen LogP contribution in [0.3, 0.4) is 0 Å². The number of nitrogens with zero attached hydrogens (tertiary/aromatic N) is 1. The van der Waals surface area contributed by atoms with Crippen LogP contribution in [0.5, 0.6) is 0 Å². The van der Waals surface area contributed by atoms with Crippen LogP contribution >= 0.6 is 0 Å². The van der Waals surface area contributed by atoms with Crippen LogP contribution in [0.4, 0.5) is 0 Å². The largest absolute Gasteiger partial charge is 0.314 e. The maximum absolute atomic E-state index is 3.88. The molecule has 19 heavy (non-hydrogen) atoms. The van der Waals surface area contributed by atoms with Crippen molar-refractivity contribution < 1.29 is 0 Å². The third-order valence-corrected chi connectivity index (χ3v) is 5.47. The van der Waals surface area contributed by atoms with Crippen LogP contribution in [0.15, 0.2) is 0 Å². The summed E-state index contributed by atoms with van der Waals surface area (Å²) in [5.74, 6) is 2.77. The Hall–Kier alpha value is -0.0800. The average molecular weight is 266 g/mol. The van der Waals surface area contributed by atoms with Crippen LogP contribution in [0.1, 0.15) is 59.3 Å². The molecule has 1 N–H and O–H groups in total. The molecule has 0 aromatic rings. The third kappa shape index (κ3) is 4.75. The fourth-order valence-electron chi connectivity index (χ4n) is 3.90. The summed E-state index contributed by atoms with van der Waals surface area (Å²) >= 11 is 0. The van der Waals surface area contributed by atoms with E-state index in [9.17, 15) is 0 Å².